The van der Waals surface area contributed by atoms with Crippen LogP contribution in [0.25, 0.3) is 0 Å². The topological polar surface area (TPSA) is 84.9 Å². The largest absolute Gasteiger partial charge is 0.512 e. The van der Waals surface area contributed by atoms with Crippen LogP contribution in [0.2, 0.25) is 0 Å². The minimum absolute atomic E-state index is 0.0918. The van der Waals surface area contributed by atoms with Crippen LogP contribution in [-0.2, 0) is 31.4 Å². The standard InChI is InChI=1S/C25H31NO5S/c1-4-14-25(15-13-19-9-6-5-7-10-19)17-22(27)23(24(28)31-25)18(2)20-11-8-12-21(16-20)26-32(29)30-3/h5-12,16,18,26-27H,4,13-15,17H2,1-3H3. The fourth-order valence-corrected chi connectivity index (χ4v) is 4.69. The van der Waals surface area contributed by atoms with Crippen molar-refractivity contribution in [3.63, 3.8) is 0 Å². The van der Waals surface area contributed by atoms with Crippen LogP contribution in [0.5, 0.6) is 0 Å². The molecule has 1 aliphatic rings. The highest BCUT2D eigenvalue weighted by Crippen LogP contribution is 2.41. The summed E-state index contributed by atoms with van der Waals surface area (Å²) >= 11 is -1.65. The number of aliphatic hydroxyl groups excluding tert-OH is 1. The van der Waals surface area contributed by atoms with Crippen LogP contribution in [0.4, 0.5) is 5.69 Å². The molecule has 2 N–H and O–H groups in total. The smallest absolute Gasteiger partial charge is 0.338 e. The number of anilines is 1. The number of ether oxygens (including phenoxy) is 1. The van der Waals surface area contributed by atoms with Crippen molar-refractivity contribution in [2.24, 2.45) is 0 Å². The maximum Gasteiger partial charge on any atom is 0.338 e. The molecule has 6 nitrogen and oxygen atoms in total. The van der Waals surface area contributed by atoms with Gasteiger partial charge in [0, 0.05) is 18.0 Å². The molecule has 0 bridgehead atoms. The maximum atomic E-state index is 13.1. The van der Waals surface area contributed by atoms with E-state index in [0.717, 1.165) is 18.4 Å². The minimum Gasteiger partial charge on any atom is -0.512 e. The van der Waals surface area contributed by atoms with Crippen molar-refractivity contribution in [3.05, 3.63) is 77.1 Å². The zero-order valence-electron chi connectivity index (χ0n) is 18.8. The molecule has 2 aromatic carbocycles. The van der Waals surface area contributed by atoms with Gasteiger partial charge in [-0.15, -0.1) is 0 Å². The van der Waals surface area contributed by atoms with Crippen LogP contribution in [0.3, 0.4) is 0 Å². The SMILES string of the molecule is CCCC1(CCc2ccccc2)CC(O)=C(C(C)c2cccc(NS(=O)OC)c2)C(=O)O1. The first-order chi connectivity index (χ1) is 15.4. The van der Waals surface area contributed by atoms with E-state index in [9.17, 15) is 14.1 Å². The lowest BCUT2D eigenvalue weighted by Crippen LogP contribution is -2.41. The molecule has 32 heavy (non-hydrogen) atoms. The van der Waals surface area contributed by atoms with E-state index in [1.165, 1.54) is 12.7 Å². The number of esters is 1. The Labute approximate surface area is 192 Å². The summed E-state index contributed by atoms with van der Waals surface area (Å²) in [5, 5.41) is 11.0. The second-order valence-electron chi connectivity index (χ2n) is 8.20. The van der Waals surface area contributed by atoms with Gasteiger partial charge in [-0.25, -0.2) is 9.00 Å². The average molecular weight is 458 g/mol. The molecular formula is C25H31NO5S. The van der Waals surface area contributed by atoms with E-state index >= 15 is 0 Å². The normalized spacial score (nSPS) is 20.5. The average Bonchev–Trinajstić information content (AvgIpc) is 2.78. The molecule has 1 heterocycles. The Bertz CT molecular complexity index is 991. The molecule has 0 aliphatic carbocycles. The lowest BCUT2D eigenvalue weighted by atomic mass is 9.81. The molecule has 0 saturated heterocycles. The third-order valence-electron chi connectivity index (χ3n) is 5.92. The number of cyclic esters (lactones) is 1. The lowest BCUT2D eigenvalue weighted by Gasteiger charge is -2.38. The minimum atomic E-state index is -1.65. The van der Waals surface area contributed by atoms with Gasteiger partial charge >= 0.3 is 5.97 Å². The maximum absolute atomic E-state index is 13.1. The summed E-state index contributed by atoms with van der Waals surface area (Å²) in [5.74, 6) is -0.760. The van der Waals surface area contributed by atoms with Crippen LogP contribution >= 0.6 is 0 Å². The van der Waals surface area contributed by atoms with Gasteiger partial charge in [0.2, 0.25) is 0 Å². The zero-order valence-corrected chi connectivity index (χ0v) is 19.6. The Morgan fingerprint density at radius 3 is 2.59 bits per heavy atom. The fourth-order valence-electron chi connectivity index (χ4n) is 4.28. The molecule has 2 aromatic rings. The third-order valence-corrected chi connectivity index (χ3v) is 6.62. The molecule has 0 amide bonds. The van der Waals surface area contributed by atoms with Crippen LogP contribution in [-0.4, -0.2) is 28.0 Å². The number of benzene rings is 2. The molecule has 172 valence electrons. The van der Waals surface area contributed by atoms with E-state index in [-0.39, 0.29) is 17.3 Å². The molecule has 0 spiro atoms. The predicted molar refractivity (Wildman–Crippen MR) is 126 cm³/mol. The summed E-state index contributed by atoms with van der Waals surface area (Å²) in [6.07, 6.45) is 3.29. The van der Waals surface area contributed by atoms with Crippen molar-refractivity contribution in [1.29, 1.82) is 0 Å². The van der Waals surface area contributed by atoms with E-state index in [2.05, 4.69) is 23.8 Å². The summed E-state index contributed by atoms with van der Waals surface area (Å²) in [4.78, 5) is 13.1. The number of rotatable bonds is 10. The van der Waals surface area contributed by atoms with Gasteiger partial charge in [-0.05, 0) is 42.5 Å². The van der Waals surface area contributed by atoms with Crippen LogP contribution in [0.15, 0.2) is 65.9 Å². The van der Waals surface area contributed by atoms with Gasteiger partial charge in [0.05, 0.1) is 12.7 Å². The first kappa shape index (κ1) is 24.0. The van der Waals surface area contributed by atoms with Gasteiger partial charge in [0.1, 0.15) is 11.4 Å². The van der Waals surface area contributed by atoms with Gasteiger partial charge in [-0.2, -0.15) is 0 Å². The highest BCUT2D eigenvalue weighted by molar-refractivity contribution is 7.81. The first-order valence-corrected chi connectivity index (χ1v) is 12.0. The summed E-state index contributed by atoms with van der Waals surface area (Å²) < 4.78 is 25.1. The van der Waals surface area contributed by atoms with Crippen LogP contribution in [0, 0.1) is 0 Å². The Kier molecular flexibility index (Phi) is 8.10. The molecule has 1 aliphatic heterocycles. The summed E-state index contributed by atoms with van der Waals surface area (Å²) in [7, 11) is 1.34. The van der Waals surface area contributed by atoms with Gasteiger partial charge in [0.15, 0.2) is 0 Å². The van der Waals surface area contributed by atoms with E-state index in [0.29, 0.717) is 24.9 Å². The van der Waals surface area contributed by atoms with Gasteiger partial charge in [0.25, 0.3) is 11.3 Å². The zero-order chi connectivity index (χ0) is 23.1. The van der Waals surface area contributed by atoms with E-state index < -0.39 is 22.8 Å². The second-order valence-corrected chi connectivity index (χ2v) is 9.20. The van der Waals surface area contributed by atoms with Crippen LogP contribution < -0.4 is 4.72 Å². The molecule has 0 aromatic heterocycles. The molecule has 0 fully saturated rings. The Hall–Kier alpha value is -2.64. The summed E-state index contributed by atoms with van der Waals surface area (Å²) in [6, 6.07) is 17.3. The molecule has 0 radical (unpaired) electrons. The number of hydrogen-bond acceptors (Lipinski definition) is 5. The number of carbonyl (C=O) groups is 1. The Morgan fingerprint density at radius 1 is 1.19 bits per heavy atom. The molecule has 3 atom stereocenters. The van der Waals surface area contributed by atoms with Gasteiger partial charge < -0.3 is 9.84 Å². The van der Waals surface area contributed by atoms with E-state index in [4.69, 9.17) is 8.92 Å². The lowest BCUT2D eigenvalue weighted by molar-refractivity contribution is -0.161. The highest BCUT2D eigenvalue weighted by atomic mass is 32.2. The van der Waals surface area contributed by atoms with Crippen molar-refractivity contribution in [3.8, 4) is 0 Å². The van der Waals surface area contributed by atoms with Crippen molar-refractivity contribution in [1.82, 2.24) is 0 Å². The number of aryl methyl sites for hydroxylation is 1. The van der Waals surface area contributed by atoms with Gasteiger partial charge in [-0.3, -0.25) is 8.91 Å². The predicted octanol–water partition coefficient (Wildman–Crippen LogP) is 5.36. The highest BCUT2D eigenvalue weighted by Gasteiger charge is 2.42. The van der Waals surface area contributed by atoms with E-state index in [1.807, 2.05) is 31.2 Å². The van der Waals surface area contributed by atoms with Crippen molar-refractivity contribution in [2.45, 2.75) is 57.5 Å². The third kappa shape index (κ3) is 5.78. The van der Waals surface area contributed by atoms with E-state index in [1.54, 1.807) is 18.2 Å². The fraction of sp³-hybridized carbons (Fsp3) is 0.400. The first-order valence-electron chi connectivity index (χ1n) is 10.9. The molecule has 0 saturated carbocycles. The molecule has 7 heteroatoms. The van der Waals surface area contributed by atoms with Crippen molar-refractivity contribution in [2.75, 3.05) is 11.8 Å². The quantitative estimate of drug-likeness (QED) is 0.469. The molecular weight excluding hydrogens is 426 g/mol. The van der Waals surface area contributed by atoms with Crippen molar-refractivity contribution >= 4 is 22.9 Å². The molecule has 3 rings (SSSR count). The Morgan fingerprint density at radius 2 is 1.94 bits per heavy atom. The van der Waals surface area contributed by atoms with Crippen molar-refractivity contribution < 1.29 is 23.0 Å². The summed E-state index contributed by atoms with van der Waals surface area (Å²) in [6.45, 7) is 3.91. The number of aliphatic hydroxyl groups is 1. The number of nitrogens with one attached hydrogen (secondary N) is 1. The number of hydrogen-bond donors (Lipinski definition) is 2. The molecule has 3 unspecified atom stereocenters. The summed E-state index contributed by atoms with van der Waals surface area (Å²) in [5.41, 5.74) is 2.16. The van der Waals surface area contributed by atoms with Crippen LogP contribution in [0.1, 0.15) is 56.6 Å². The monoisotopic (exact) mass is 457 g/mol. The van der Waals surface area contributed by atoms with Gasteiger partial charge in [-0.1, -0.05) is 62.7 Å². The second kappa shape index (κ2) is 10.8. The Balaban J connectivity index is 1.82. The number of carbonyl (C=O) groups excluding carboxylic acids is 1.